The Morgan fingerprint density at radius 1 is 0.967 bits per heavy atom. The molecule has 0 radical (unpaired) electrons. The SMILES string of the molecule is CCN(CC)C(=O)c1cc(NC(=O)Nc2ccccc2C(F)(F)F)ccc1N(C)C. The van der Waals surface area contributed by atoms with Crippen LogP contribution in [0.2, 0.25) is 0 Å². The number of carbonyl (C=O) groups is 2. The molecule has 0 fully saturated rings. The molecule has 2 N–H and O–H groups in total. The maximum Gasteiger partial charge on any atom is 0.418 e. The molecular weight excluding hydrogens is 397 g/mol. The Balaban J connectivity index is 2.28. The summed E-state index contributed by atoms with van der Waals surface area (Å²) in [6.45, 7) is 4.78. The Labute approximate surface area is 173 Å². The van der Waals surface area contributed by atoms with E-state index >= 15 is 0 Å². The minimum Gasteiger partial charge on any atom is -0.377 e. The highest BCUT2D eigenvalue weighted by atomic mass is 19.4. The molecule has 0 heterocycles. The molecule has 2 rings (SSSR count). The number of urea groups is 1. The molecule has 0 saturated heterocycles. The molecule has 0 bridgehead atoms. The Hall–Kier alpha value is -3.23. The van der Waals surface area contributed by atoms with Crippen molar-refractivity contribution in [3.63, 3.8) is 0 Å². The van der Waals surface area contributed by atoms with Gasteiger partial charge in [-0.1, -0.05) is 12.1 Å². The molecule has 0 spiro atoms. The van der Waals surface area contributed by atoms with Gasteiger partial charge in [-0.25, -0.2) is 4.79 Å². The largest absolute Gasteiger partial charge is 0.418 e. The van der Waals surface area contributed by atoms with Crippen molar-refractivity contribution in [1.29, 1.82) is 0 Å². The quantitative estimate of drug-likeness (QED) is 0.696. The molecule has 3 amide bonds. The molecule has 2 aromatic rings. The molecule has 2 aromatic carbocycles. The summed E-state index contributed by atoms with van der Waals surface area (Å²) in [4.78, 5) is 28.6. The number of para-hydroxylation sites is 1. The van der Waals surface area contributed by atoms with Crippen LogP contribution in [0.4, 0.5) is 35.0 Å². The zero-order valence-corrected chi connectivity index (χ0v) is 17.3. The molecule has 0 aromatic heterocycles. The number of nitrogens with one attached hydrogen (secondary N) is 2. The molecule has 0 unspecified atom stereocenters. The topological polar surface area (TPSA) is 64.7 Å². The van der Waals surface area contributed by atoms with E-state index in [4.69, 9.17) is 0 Å². The summed E-state index contributed by atoms with van der Waals surface area (Å²) in [7, 11) is 3.59. The minimum absolute atomic E-state index is 0.199. The Morgan fingerprint density at radius 2 is 1.60 bits per heavy atom. The number of benzene rings is 2. The van der Waals surface area contributed by atoms with E-state index in [9.17, 15) is 22.8 Å². The fourth-order valence-electron chi connectivity index (χ4n) is 2.98. The van der Waals surface area contributed by atoms with E-state index in [0.717, 1.165) is 6.07 Å². The minimum atomic E-state index is -4.60. The Morgan fingerprint density at radius 3 is 2.17 bits per heavy atom. The van der Waals surface area contributed by atoms with E-state index in [1.165, 1.54) is 24.3 Å². The standard InChI is InChI=1S/C21H25F3N4O2/c1-5-28(6-2)19(29)15-13-14(11-12-18(15)27(3)4)25-20(30)26-17-10-8-7-9-16(17)21(22,23)24/h7-13H,5-6H2,1-4H3,(H2,25,26,30). The zero-order valence-electron chi connectivity index (χ0n) is 17.3. The first kappa shape index (κ1) is 23.1. The van der Waals surface area contributed by atoms with Crippen LogP contribution in [0, 0.1) is 0 Å². The second-order valence-electron chi connectivity index (χ2n) is 6.73. The molecule has 30 heavy (non-hydrogen) atoms. The number of rotatable bonds is 6. The summed E-state index contributed by atoms with van der Waals surface area (Å²) < 4.78 is 39.3. The lowest BCUT2D eigenvalue weighted by Gasteiger charge is -2.23. The van der Waals surface area contributed by atoms with Crippen molar-refractivity contribution in [1.82, 2.24) is 4.90 Å². The van der Waals surface area contributed by atoms with Crippen LogP contribution in [0.25, 0.3) is 0 Å². The molecule has 0 aliphatic rings. The summed E-state index contributed by atoms with van der Waals surface area (Å²) >= 11 is 0. The van der Waals surface area contributed by atoms with Gasteiger partial charge >= 0.3 is 12.2 Å². The summed E-state index contributed by atoms with van der Waals surface area (Å²) in [6.07, 6.45) is -4.60. The van der Waals surface area contributed by atoms with Gasteiger partial charge in [-0.15, -0.1) is 0 Å². The fraction of sp³-hybridized carbons (Fsp3) is 0.333. The molecule has 0 atom stereocenters. The maximum atomic E-state index is 13.1. The predicted molar refractivity (Wildman–Crippen MR) is 112 cm³/mol. The third-order valence-corrected chi connectivity index (χ3v) is 4.50. The third-order valence-electron chi connectivity index (χ3n) is 4.50. The number of halogens is 3. The van der Waals surface area contributed by atoms with Gasteiger partial charge in [0.15, 0.2) is 0 Å². The highest BCUT2D eigenvalue weighted by molar-refractivity contribution is 6.04. The van der Waals surface area contributed by atoms with Gasteiger partial charge in [-0.3, -0.25) is 4.79 Å². The average molecular weight is 422 g/mol. The fourth-order valence-corrected chi connectivity index (χ4v) is 2.98. The first-order valence-corrected chi connectivity index (χ1v) is 9.43. The number of nitrogens with zero attached hydrogens (tertiary/aromatic N) is 2. The summed E-state index contributed by atoms with van der Waals surface area (Å²) in [5, 5.41) is 4.72. The summed E-state index contributed by atoms with van der Waals surface area (Å²) in [6, 6.07) is 8.65. The normalized spacial score (nSPS) is 11.0. The molecule has 9 heteroatoms. The van der Waals surface area contributed by atoms with Crippen LogP contribution in [0.5, 0.6) is 0 Å². The second kappa shape index (κ2) is 9.51. The highest BCUT2D eigenvalue weighted by Crippen LogP contribution is 2.34. The van der Waals surface area contributed by atoms with Crippen molar-refractivity contribution in [2.75, 3.05) is 42.7 Å². The van der Waals surface area contributed by atoms with E-state index < -0.39 is 17.8 Å². The zero-order chi connectivity index (χ0) is 22.5. The lowest BCUT2D eigenvalue weighted by molar-refractivity contribution is -0.136. The molecule has 0 saturated carbocycles. The second-order valence-corrected chi connectivity index (χ2v) is 6.73. The van der Waals surface area contributed by atoms with Crippen molar-refractivity contribution in [3.05, 3.63) is 53.6 Å². The van der Waals surface area contributed by atoms with Gasteiger partial charge in [-0.05, 0) is 44.2 Å². The van der Waals surface area contributed by atoms with Crippen LogP contribution in [0.3, 0.4) is 0 Å². The van der Waals surface area contributed by atoms with Crippen LogP contribution in [0.15, 0.2) is 42.5 Å². The number of hydrogen-bond donors (Lipinski definition) is 2. The highest BCUT2D eigenvalue weighted by Gasteiger charge is 2.33. The van der Waals surface area contributed by atoms with E-state index in [1.54, 1.807) is 36.0 Å². The van der Waals surface area contributed by atoms with Gasteiger partial charge in [0.25, 0.3) is 5.91 Å². The summed E-state index contributed by atoms with van der Waals surface area (Å²) in [5.41, 5.74) is 0.0444. The van der Waals surface area contributed by atoms with E-state index in [-0.39, 0.29) is 17.3 Å². The van der Waals surface area contributed by atoms with Crippen molar-refractivity contribution >= 4 is 29.0 Å². The van der Waals surface area contributed by atoms with E-state index in [2.05, 4.69) is 10.6 Å². The Bertz CT molecular complexity index is 909. The van der Waals surface area contributed by atoms with Crippen LogP contribution in [-0.2, 0) is 6.18 Å². The van der Waals surface area contributed by atoms with Gasteiger partial charge in [0.1, 0.15) is 0 Å². The van der Waals surface area contributed by atoms with E-state index in [0.29, 0.717) is 24.3 Å². The van der Waals surface area contributed by atoms with Crippen molar-refractivity contribution < 1.29 is 22.8 Å². The lowest BCUT2D eigenvalue weighted by atomic mass is 10.1. The maximum absolute atomic E-state index is 13.1. The summed E-state index contributed by atoms with van der Waals surface area (Å²) in [5.74, 6) is -0.199. The molecule has 162 valence electrons. The number of anilines is 3. The smallest absolute Gasteiger partial charge is 0.377 e. The number of alkyl halides is 3. The number of carbonyl (C=O) groups excluding carboxylic acids is 2. The van der Waals surface area contributed by atoms with Crippen LogP contribution in [0.1, 0.15) is 29.8 Å². The molecule has 0 aliphatic carbocycles. The third kappa shape index (κ3) is 5.43. The van der Waals surface area contributed by atoms with Crippen molar-refractivity contribution in [2.45, 2.75) is 20.0 Å². The molecular formula is C21H25F3N4O2. The lowest BCUT2D eigenvalue weighted by Crippen LogP contribution is -2.32. The van der Waals surface area contributed by atoms with Crippen LogP contribution >= 0.6 is 0 Å². The Kier molecular flexibility index (Phi) is 7.31. The van der Waals surface area contributed by atoms with Crippen molar-refractivity contribution in [3.8, 4) is 0 Å². The van der Waals surface area contributed by atoms with Gasteiger partial charge in [0, 0.05) is 38.6 Å². The monoisotopic (exact) mass is 422 g/mol. The van der Waals surface area contributed by atoms with Gasteiger partial charge in [-0.2, -0.15) is 13.2 Å². The van der Waals surface area contributed by atoms with E-state index in [1.807, 2.05) is 13.8 Å². The molecule has 0 aliphatic heterocycles. The number of amides is 3. The van der Waals surface area contributed by atoms with Crippen LogP contribution < -0.4 is 15.5 Å². The molecule has 6 nitrogen and oxygen atoms in total. The van der Waals surface area contributed by atoms with Gasteiger partial charge in [0.05, 0.1) is 16.8 Å². The predicted octanol–water partition coefficient (Wildman–Crippen LogP) is 4.90. The van der Waals surface area contributed by atoms with Crippen LogP contribution in [-0.4, -0.2) is 44.0 Å². The average Bonchev–Trinajstić information content (AvgIpc) is 2.68. The first-order chi connectivity index (χ1) is 14.1. The van der Waals surface area contributed by atoms with Gasteiger partial charge < -0.3 is 20.4 Å². The van der Waals surface area contributed by atoms with Gasteiger partial charge in [0.2, 0.25) is 0 Å². The first-order valence-electron chi connectivity index (χ1n) is 9.43. The number of hydrogen-bond acceptors (Lipinski definition) is 3. The van der Waals surface area contributed by atoms with Crippen molar-refractivity contribution in [2.24, 2.45) is 0 Å².